The number of rotatable bonds is 2. The SMILES string of the molecule is COc1ccc(S)c(-c2ccccc2C)c1. The van der Waals surface area contributed by atoms with Crippen molar-refractivity contribution in [3.8, 4) is 16.9 Å². The first-order chi connectivity index (χ1) is 7.72. The smallest absolute Gasteiger partial charge is 0.119 e. The van der Waals surface area contributed by atoms with Gasteiger partial charge in [0.05, 0.1) is 7.11 Å². The van der Waals surface area contributed by atoms with Gasteiger partial charge < -0.3 is 4.74 Å². The van der Waals surface area contributed by atoms with E-state index in [4.69, 9.17) is 4.74 Å². The van der Waals surface area contributed by atoms with Crippen molar-refractivity contribution in [2.24, 2.45) is 0 Å². The van der Waals surface area contributed by atoms with Gasteiger partial charge in [-0.1, -0.05) is 24.3 Å². The van der Waals surface area contributed by atoms with Crippen molar-refractivity contribution in [1.29, 1.82) is 0 Å². The Labute approximate surface area is 101 Å². The summed E-state index contributed by atoms with van der Waals surface area (Å²) in [5, 5.41) is 0. The fourth-order valence-corrected chi connectivity index (χ4v) is 1.99. The Hall–Kier alpha value is -1.41. The van der Waals surface area contributed by atoms with Crippen molar-refractivity contribution in [1.82, 2.24) is 0 Å². The van der Waals surface area contributed by atoms with E-state index >= 15 is 0 Å². The van der Waals surface area contributed by atoms with E-state index in [1.807, 2.05) is 30.3 Å². The van der Waals surface area contributed by atoms with E-state index in [1.54, 1.807) is 7.11 Å². The van der Waals surface area contributed by atoms with E-state index in [0.29, 0.717) is 0 Å². The average Bonchev–Trinajstić information content (AvgIpc) is 2.31. The molecule has 0 unspecified atom stereocenters. The molecule has 0 amide bonds. The molecule has 82 valence electrons. The maximum Gasteiger partial charge on any atom is 0.119 e. The molecule has 0 spiro atoms. The monoisotopic (exact) mass is 230 g/mol. The van der Waals surface area contributed by atoms with Crippen molar-refractivity contribution in [2.75, 3.05) is 7.11 Å². The van der Waals surface area contributed by atoms with Crippen LogP contribution in [-0.4, -0.2) is 7.11 Å². The van der Waals surface area contributed by atoms with Crippen molar-refractivity contribution < 1.29 is 4.74 Å². The molecular weight excluding hydrogens is 216 g/mol. The van der Waals surface area contributed by atoms with Gasteiger partial charge in [0.1, 0.15) is 5.75 Å². The molecule has 2 rings (SSSR count). The molecule has 0 bridgehead atoms. The lowest BCUT2D eigenvalue weighted by Gasteiger charge is -2.10. The first-order valence-electron chi connectivity index (χ1n) is 5.15. The van der Waals surface area contributed by atoms with Gasteiger partial charge in [-0.15, -0.1) is 12.6 Å². The number of aryl methyl sites for hydroxylation is 1. The summed E-state index contributed by atoms with van der Waals surface area (Å²) in [6.45, 7) is 2.10. The van der Waals surface area contributed by atoms with Crippen LogP contribution >= 0.6 is 12.6 Å². The van der Waals surface area contributed by atoms with Crippen LogP contribution in [-0.2, 0) is 0 Å². The topological polar surface area (TPSA) is 9.23 Å². The lowest BCUT2D eigenvalue weighted by Crippen LogP contribution is -1.87. The summed E-state index contributed by atoms with van der Waals surface area (Å²) in [5.74, 6) is 0.857. The molecule has 0 radical (unpaired) electrons. The van der Waals surface area contributed by atoms with Crippen LogP contribution in [0.25, 0.3) is 11.1 Å². The van der Waals surface area contributed by atoms with Crippen LogP contribution in [0.3, 0.4) is 0 Å². The Morgan fingerprint density at radius 1 is 1.00 bits per heavy atom. The second-order valence-electron chi connectivity index (χ2n) is 3.70. The maximum atomic E-state index is 5.24. The average molecular weight is 230 g/mol. The Morgan fingerprint density at radius 2 is 1.75 bits per heavy atom. The van der Waals surface area contributed by atoms with Gasteiger partial charge in [0.15, 0.2) is 0 Å². The van der Waals surface area contributed by atoms with Crippen LogP contribution in [0.5, 0.6) is 5.75 Å². The van der Waals surface area contributed by atoms with Gasteiger partial charge in [-0.3, -0.25) is 0 Å². The number of benzene rings is 2. The van der Waals surface area contributed by atoms with Crippen LogP contribution < -0.4 is 4.74 Å². The lowest BCUT2D eigenvalue weighted by atomic mass is 10.0. The van der Waals surface area contributed by atoms with Gasteiger partial charge in [-0.2, -0.15) is 0 Å². The largest absolute Gasteiger partial charge is 0.497 e. The molecule has 1 nitrogen and oxygen atoms in total. The van der Waals surface area contributed by atoms with Crippen LogP contribution in [0, 0.1) is 6.92 Å². The van der Waals surface area contributed by atoms with E-state index in [1.165, 1.54) is 11.1 Å². The predicted molar refractivity (Wildman–Crippen MR) is 70.4 cm³/mol. The van der Waals surface area contributed by atoms with E-state index in [0.717, 1.165) is 16.2 Å². The molecule has 0 aliphatic rings. The normalized spacial score (nSPS) is 10.2. The minimum Gasteiger partial charge on any atom is -0.497 e. The minimum absolute atomic E-state index is 0.857. The molecule has 0 saturated heterocycles. The molecule has 2 aromatic carbocycles. The third-order valence-electron chi connectivity index (χ3n) is 2.64. The van der Waals surface area contributed by atoms with E-state index < -0.39 is 0 Å². The third-order valence-corrected chi connectivity index (χ3v) is 3.03. The van der Waals surface area contributed by atoms with Gasteiger partial charge in [0.25, 0.3) is 0 Å². The zero-order valence-corrected chi connectivity index (χ0v) is 10.3. The molecule has 0 N–H and O–H groups in total. The van der Waals surface area contributed by atoms with Crippen LogP contribution in [0.2, 0.25) is 0 Å². The number of thiol groups is 1. The summed E-state index contributed by atoms with van der Waals surface area (Å²) in [4.78, 5) is 0.968. The second-order valence-corrected chi connectivity index (χ2v) is 4.18. The third kappa shape index (κ3) is 2.07. The quantitative estimate of drug-likeness (QED) is 0.768. The van der Waals surface area contributed by atoms with Crippen molar-refractivity contribution in [3.63, 3.8) is 0 Å². The highest BCUT2D eigenvalue weighted by Gasteiger charge is 2.06. The molecule has 16 heavy (non-hydrogen) atoms. The molecule has 0 aliphatic carbocycles. The molecule has 0 atom stereocenters. The maximum absolute atomic E-state index is 5.24. The van der Waals surface area contributed by atoms with Gasteiger partial charge in [0, 0.05) is 4.90 Å². The lowest BCUT2D eigenvalue weighted by molar-refractivity contribution is 0.414. The summed E-state index contributed by atoms with van der Waals surface area (Å²) >= 11 is 4.49. The fourth-order valence-electron chi connectivity index (χ4n) is 1.73. The van der Waals surface area contributed by atoms with E-state index in [9.17, 15) is 0 Å². The summed E-state index contributed by atoms with van der Waals surface area (Å²) in [6.07, 6.45) is 0. The Bertz CT molecular complexity index is 506. The van der Waals surface area contributed by atoms with Crippen LogP contribution in [0.1, 0.15) is 5.56 Å². The Kier molecular flexibility index (Phi) is 3.20. The van der Waals surface area contributed by atoms with Gasteiger partial charge in [-0.25, -0.2) is 0 Å². The molecule has 0 aliphatic heterocycles. The van der Waals surface area contributed by atoms with Crippen molar-refractivity contribution in [3.05, 3.63) is 48.0 Å². The highest BCUT2D eigenvalue weighted by atomic mass is 32.1. The molecular formula is C14H14OS. The predicted octanol–water partition coefficient (Wildman–Crippen LogP) is 3.96. The number of ether oxygens (including phenoxy) is 1. The first-order valence-corrected chi connectivity index (χ1v) is 5.60. The van der Waals surface area contributed by atoms with E-state index in [2.05, 4.69) is 31.7 Å². The molecule has 0 aromatic heterocycles. The second kappa shape index (κ2) is 4.62. The van der Waals surface area contributed by atoms with Crippen LogP contribution in [0.15, 0.2) is 47.4 Å². The summed E-state index contributed by atoms with van der Waals surface area (Å²) in [6, 6.07) is 14.2. The number of hydrogen-bond donors (Lipinski definition) is 1. The van der Waals surface area contributed by atoms with Gasteiger partial charge in [-0.05, 0) is 41.8 Å². The highest BCUT2D eigenvalue weighted by molar-refractivity contribution is 7.80. The summed E-state index contributed by atoms with van der Waals surface area (Å²) in [5.41, 5.74) is 3.55. The molecule has 2 heteroatoms. The van der Waals surface area contributed by atoms with Crippen molar-refractivity contribution >= 4 is 12.6 Å². The molecule has 0 fully saturated rings. The van der Waals surface area contributed by atoms with Gasteiger partial charge in [0.2, 0.25) is 0 Å². The van der Waals surface area contributed by atoms with E-state index in [-0.39, 0.29) is 0 Å². The first kappa shape index (κ1) is 11.1. The number of methoxy groups -OCH3 is 1. The van der Waals surface area contributed by atoms with Crippen molar-refractivity contribution in [2.45, 2.75) is 11.8 Å². The zero-order valence-electron chi connectivity index (χ0n) is 9.40. The highest BCUT2D eigenvalue weighted by Crippen LogP contribution is 2.32. The molecule has 0 heterocycles. The zero-order chi connectivity index (χ0) is 11.5. The summed E-state index contributed by atoms with van der Waals surface area (Å²) < 4.78 is 5.24. The standard InChI is InChI=1S/C14H14OS/c1-10-5-3-4-6-12(10)13-9-11(15-2)7-8-14(13)16/h3-9,16H,1-2H3. The number of hydrogen-bond acceptors (Lipinski definition) is 2. The molecule has 2 aromatic rings. The fraction of sp³-hybridized carbons (Fsp3) is 0.143. The molecule has 0 saturated carbocycles. The summed E-state index contributed by atoms with van der Waals surface area (Å²) in [7, 11) is 1.68. The van der Waals surface area contributed by atoms with Crippen LogP contribution in [0.4, 0.5) is 0 Å². The Balaban J connectivity index is 2.59. The Morgan fingerprint density at radius 3 is 2.44 bits per heavy atom. The van der Waals surface area contributed by atoms with Gasteiger partial charge >= 0.3 is 0 Å². The minimum atomic E-state index is 0.857.